The van der Waals surface area contributed by atoms with Gasteiger partial charge in [-0.15, -0.1) is 0 Å². The van der Waals surface area contributed by atoms with Crippen LogP contribution in [0.25, 0.3) is 11.3 Å². The van der Waals surface area contributed by atoms with Crippen LogP contribution in [0.5, 0.6) is 0 Å². The second kappa shape index (κ2) is 8.51. The topological polar surface area (TPSA) is 50.5 Å². The number of hydrogen-bond acceptors (Lipinski definition) is 4. The molecule has 1 saturated heterocycles. The lowest BCUT2D eigenvalue weighted by Crippen LogP contribution is -2.38. The van der Waals surface area contributed by atoms with Crippen LogP contribution in [0.1, 0.15) is 24.0 Å². The summed E-state index contributed by atoms with van der Waals surface area (Å²) in [4.78, 5) is 2.28. The number of rotatable bonds is 5. The zero-order valence-corrected chi connectivity index (χ0v) is 17.5. The Kier molecular flexibility index (Phi) is 5.94. The molecule has 4 nitrogen and oxygen atoms in total. The average molecular weight is 449 g/mol. The number of sulfone groups is 1. The molecule has 3 aromatic rings. The van der Waals surface area contributed by atoms with Gasteiger partial charge >= 0.3 is 6.18 Å². The van der Waals surface area contributed by atoms with Crippen molar-refractivity contribution >= 4 is 9.84 Å². The lowest BCUT2D eigenvalue weighted by Gasteiger charge is -2.31. The number of hydrogen-bond donors (Lipinski definition) is 0. The number of nitrogens with zero attached hydrogens (tertiary/aromatic N) is 1. The molecule has 0 bridgehead atoms. The fourth-order valence-electron chi connectivity index (χ4n) is 3.93. The fraction of sp³-hybridized carbons (Fsp3) is 0.304. The van der Waals surface area contributed by atoms with Crippen LogP contribution in [0.4, 0.5) is 13.2 Å². The summed E-state index contributed by atoms with van der Waals surface area (Å²) in [6, 6.07) is 15.5. The number of halogens is 3. The molecule has 1 aromatic heterocycles. The lowest BCUT2D eigenvalue weighted by molar-refractivity contribution is -0.137. The highest BCUT2D eigenvalue weighted by Gasteiger charge is 2.32. The van der Waals surface area contributed by atoms with Gasteiger partial charge in [0, 0.05) is 12.1 Å². The van der Waals surface area contributed by atoms with E-state index in [0.717, 1.165) is 17.7 Å². The third kappa shape index (κ3) is 4.85. The van der Waals surface area contributed by atoms with Crippen molar-refractivity contribution in [1.29, 1.82) is 0 Å². The quantitative estimate of drug-likeness (QED) is 0.523. The van der Waals surface area contributed by atoms with E-state index >= 15 is 0 Å². The molecule has 1 aliphatic heterocycles. The van der Waals surface area contributed by atoms with Crippen LogP contribution in [0.3, 0.4) is 0 Å². The molecular formula is C23H22F3NO3S. The second-order valence-corrected chi connectivity index (χ2v) is 9.95. The van der Waals surface area contributed by atoms with Gasteiger partial charge in [0.15, 0.2) is 9.84 Å². The Hall–Kier alpha value is -2.58. The number of piperidine rings is 1. The lowest BCUT2D eigenvalue weighted by atomic mass is 10.1. The molecule has 31 heavy (non-hydrogen) atoms. The highest BCUT2D eigenvalue weighted by molar-refractivity contribution is 7.92. The monoisotopic (exact) mass is 449 g/mol. The van der Waals surface area contributed by atoms with E-state index in [9.17, 15) is 21.6 Å². The molecule has 0 unspecified atom stereocenters. The van der Waals surface area contributed by atoms with Gasteiger partial charge in [-0.25, -0.2) is 8.42 Å². The van der Waals surface area contributed by atoms with E-state index in [1.807, 2.05) is 11.0 Å². The van der Waals surface area contributed by atoms with E-state index < -0.39 is 26.8 Å². The molecule has 2 aromatic carbocycles. The first kappa shape index (κ1) is 21.6. The number of alkyl halides is 3. The maximum Gasteiger partial charge on any atom is 0.416 e. The van der Waals surface area contributed by atoms with Gasteiger partial charge in [-0.3, -0.25) is 4.90 Å². The van der Waals surface area contributed by atoms with Crippen LogP contribution in [0.15, 0.2) is 76.2 Å². The van der Waals surface area contributed by atoms with Gasteiger partial charge in [0.2, 0.25) is 0 Å². The number of likely N-dealkylation sites (tertiary alicyclic amines) is 1. The minimum atomic E-state index is -4.37. The Morgan fingerprint density at radius 3 is 2.29 bits per heavy atom. The van der Waals surface area contributed by atoms with Crippen molar-refractivity contribution in [2.45, 2.75) is 35.7 Å². The van der Waals surface area contributed by atoms with E-state index in [1.165, 1.54) is 6.07 Å². The third-order valence-electron chi connectivity index (χ3n) is 5.62. The van der Waals surface area contributed by atoms with Crippen molar-refractivity contribution in [1.82, 2.24) is 4.90 Å². The summed E-state index contributed by atoms with van der Waals surface area (Å²) in [6.07, 6.45) is -1.92. The zero-order valence-electron chi connectivity index (χ0n) is 16.7. The summed E-state index contributed by atoms with van der Waals surface area (Å²) in [7, 11) is -3.48. The van der Waals surface area contributed by atoms with Gasteiger partial charge in [-0.1, -0.05) is 18.2 Å². The minimum absolute atomic E-state index is 0.277. The first-order valence-electron chi connectivity index (χ1n) is 10.00. The molecule has 0 saturated carbocycles. The molecule has 1 aliphatic rings. The molecule has 8 heteroatoms. The summed E-state index contributed by atoms with van der Waals surface area (Å²) in [5, 5.41) is -0.500. The summed E-state index contributed by atoms with van der Waals surface area (Å²) < 4.78 is 70.1. The van der Waals surface area contributed by atoms with Crippen LogP contribution in [-0.4, -0.2) is 31.7 Å². The maximum absolute atomic E-state index is 13.0. The Bertz CT molecular complexity index is 1120. The van der Waals surface area contributed by atoms with E-state index in [4.69, 9.17) is 4.42 Å². The fourth-order valence-corrected chi connectivity index (χ4v) is 5.66. The number of furan rings is 1. The zero-order chi connectivity index (χ0) is 22.1. The van der Waals surface area contributed by atoms with Gasteiger partial charge in [0.1, 0.15) is 5.76 Å². The molecule has 1 fully saturated rings. The summed E-state index contributed by atoms with van der Waals surface area (Å²) >= 11 is 0. The van der Waals surface area contributed by atoms with E-state index in [0.29, 0.717) is 43.8 Å². The Morgan fingerprint density at radius 1 is 0.968 bits per heavy atom. The van der Waals surface area contributed by atoms with E-state index in [2.05, 4.69) is 0 Å². The smallest absolute Gasteiger partial charge is 0.416 e. The predicted octanol–water partition coefficient (Wildman–Crippen LogP) is 5.40. The summed E-state index contributed by atoms with van der Waals surface area (Å²) in [5.41, 5.74) is 0.713. The van der Waals surface area contributed by atoms with Gasteiger partial charge in [0.05, 0.1) is 22.0 Å². The highest BCUT2D eigenvalue weighted by atomic mass is 32.2. The van der Waals surface area contributed by atoms with Crippen molar-refractivity contribution in [2.24, 2.45) is 0 Å². The van der Waals surface area contributed by atoms with Crippen molar-refractivity contribution in [3.8, 4) is 11.3 Å². The predicted molar refractivity (Wildman–Crippen MR) is 111 cm³/mol. The number of benzene rings is 2. The minimum Gasteiger partial charge on any atom is -0.464 e. The first-order chi connectivity index (χ1) is 14.7. The molecule has 0 N–H and O–H groups in total. The van der Waals surface area contributed by atoms with Crippen molar-refractivity contribution in [3.05, 3.63) is 78.1 Å². The molecule has 0 atom stereocenters. The van der Waals surface area contributed by atoms with Crippen molar-refractivity contribution in [3.63, 3.8) is 0 Å². The van der Waals surface area contributed by atoms with Crippen LogP contribution in [-0.2, 0) is 22.6 Å². The maximum atomic E-state index is 13.0. The molecule has 4 rings (SSSR count). The SMILES string of the molecule is O=S(=O)(c1ccc(-c2ccco2)cc1)C1CCN(Cc2cccc(C(F)(F)F)c2)CC1. The molecule has 2 heterocycles. The first-order valence-corrected chi connectivity index (χ1v) is 11.5. The average Bonchev–Trinajstić information content (AvgIpc) is 3.29. The normalized spacial score (nSPS) is 16.5. The molecule has 0 amide bonds. The molecular weight excluding hydrogens is 427 g/mol. The molecule has 0 spiro atoms. The van der Waals surface area contributed by atoms with Gasteiger partial charge in [-0.2, -0.15) is 13.2 Å². The van der Waals surface area contributed by atoms with E-state index in [1.54, 1.807) is 42.7 Å². The van der Waals surface area contributed by atoms with Crippen LogP contribution < -0.4 is 0 Å². The van der Waals surface area contributed by atoms with Crippen LogP contribution >= 0.6 is 0 Å². The summed E-state index contributed by atoms with van der Waals surface area (Å²) in [6.45, 7) is 1.41. The van der Waals surface area contributed by atoms with E-state index in [-0.39, 0.29) is 4.90 Å². The largest absolute Gasteiger partial charge is 0.464 e. The molecule has 0 aliphatic carbocycles. The van der Waals surface area contributed by atoms with Crippen molar-refractivity contribution < 1.29 is 26.0 Å². The van der Waals surface area contributed by atoms with Crippen LogP contribution in [0.2, 0.25) is 0 Å². The van der Waals surface area contributed by atoms with Crippen LogP contribution in [0, 0.1) is 0 Å². The molecule has 164 valence electrons. The standard InChI is InChI=1S/C23H22F3NO3S/c24-23(25,26)19-4-1-3-17(15-19)16-27-12-10-21(11-13-27)31(28,29)20-8-6-18(7-9-20)22-5-2-14-30-22/h1-9,14-15,21H,10-13,16H2. The highest BCUT2D eigenvalue weighted by Crippen LogP contribution is 2.31. The Balaban J connectivity index is 1.39. The van der Waals surface area contributed by atoms with Crippen molar-refractivity contribution in [2.75, 3.05) is 13.1 Å². The van der Waals surface area contributed by atoms with Gasteiger partial charge in [-0.05, 0) is 74.0 Å². The molecule has 0 radical (unpaired) electrons. The Labute approximate surface area is 179 Å². The van der Waals surface area contributed by atoms with Gasteiger partial charge < -0.3 is 4.42 Å². The summed E-state index contributed by atoms with van der Waals surface area (Å²) in [5.74, 6) is 0.673. The Morgan fingerprint density at radius 2 is 1.68 bits per heavy atom. The second-order valence-electron chi connectivity index (χ2n) is 7.72. The third-order valence-corrected chi connectivity index (χ3v) is 7.90. The van der Waals surface area contributed by atoms with Gasteiger partial charge in [0.25, 0.3) is 0 Å².